The van der Waals surface area contributed by atoms with Crippen LogP contribution in [0, 0.1) is 0 Å². The normalized spacial score (nSPS) is 14.1. The summed E-state index contributed by atoms with van der Waals surface area (Å²) in [4.78, 5) is 4.45. The van der Waals surface area contributed by atoms with Crippen molar-refractivity contribution in [1.82, 2.24) is 14.8 Å². The molecule has 0 fully saturated rings. The molecule has 4 rings (SSSR count). The van der Waals surface area contributed by atoms with E-state index in [1.54, 1.807) is 22.9 Å². The fraction of sp³-hybridized carbons (Fsp3) is 0.143. The number of aliphatic hydroxyl groups is 1. The Morgan fingerprint density at radius 1 is 0.966 bits per heavy atom. The molecule has 0 saturated heterocycles. The molecule has 1 N–H and O–H groups in total. The molecule has 1 unspecified atom stereocenters. The Morgan fingerprint density at radius 2 is 1.69 bits per heavy atom. The fourth-order valence-corrected chi connectivity index (χ4v) is 4.04. The van der Waals surface area contributed by atoms with E-state index in [9.17, 15) is 18.3 Å². The van der Waals surface area contributed by atoms with Crippen LogP contribution in [0.5, 0.6) is 0 Å². The second-order valence-corrected chi connectivity index (χ2v) is 7.54. The summed E-state index contributed by atoms with van der Waals surface area (Å²) >= 11 is 0.926. The van der Waals surface area contributed by atoms with E-state index < -0.39 is 17.5 Å². The molecule has 148 valence electrons. The van der Waals surface area contributed by atoms with Gasteiger partial charge in [0.05, 0.1) is 17.4 Å². The van der Waals surface area contributed by atoms with Crippen LogP contribution in [0.2, 0.25) is 0 Å². The van der Waals surface area contributed by atoms with Gasteiger partial charge in [0.25, 0.3) is 0 Å². The lowest BCUT2D eigenvalue weighted by Crippen LogP contribution is -2.44. The number of hydrogen-bond donors (Lipinski definition) is 1. The highest BCUT2D eigenvalue weighted by molar-refractivity contribution is 7.99. The zero-order chi connectivity index (χ0) is 20.5. The molecule has 0 amide bonds. The molecule has 2 aromatic carbocycles. The van der Waals surface area contributed by atoms with Crippen molar-refractivity contribution in [1.29, 1.82) is 0 Å². The second-order valence-electron chi connectivity index (χ2n) is 6.50. The Bertz CT molecular complexity index is 1120. The molecule has 4 aromatic rings. The Labute approximate surface area is 169 Å². The number of hydrogen-bond acceptors (Lipinski definition) is 4. The molecule has 0 saturated carbocycles. The van der Waals surface area contributed by atoms with E-state index in [4.69, 9.17) is 0 Å². The first kappa shape index (κ1) is 19.5. The SMILES string of the molecule is OC(CSc1ccncc1)(c1ccc2c(cnn2-c2ccccc2)c1)C(F)(F)F. The minimum Gasteiger partial charge on any atom is -0.376 e. The molecule has 0 aliphatic heterocycles. The Hall–Kier alpha value is -2.84. The number of alkyl halides is 3. The molecule has 2 heterocycles. The van der Waals surface area contributed by atoms with E-state index >= 15 is 0 Å². The van der Waals surface area contributed by atoms with Crippen LogP contribution in [0.3, 0.4) is 0 Å². The third-order valence-electron chi connectivity index (χ3n) is 4.61. The molecule has 8 heteroatoms. The van der Waals surface area contributed by atoms with Gasteiger partial charge in [-0.25, -0.2) is 4.68 Å². The van der Waals surface area contributed by atoms with Crippen LogP contribution in [0.1, 0.15) is 5.56 Å². The standard InChI is InChI=1S/C21H16F3N3OS/c22-21(23,24)20(28,14-29-18-8-10-25-11-9-18)16-6-7-19-15(12-16)13-26-27(19)17-4-2-1-3-5-17/h1-13,28H,14H2. The predicted molar refractivity (Wildman–Crippen MR) is 106 cm³/mol. The van der Waals surface area contributed by atoms with Crippen LogP contribution < -0.4 is 0 Å². The maximum atomic E-state index is 13.9. The molecular formula is C21H16F3N3OS. The van der Waals surface area contributed by atoms with Crippen LogP contribution >= 0.6 is 11.8 Å². The Morgan fingerprint density at radius 3 is 2.38 bits per heavy atom. The van der Waals surface area contributed by atoms with Crippen molar-refractivity contribution >= 4 is 22.7 Å². The molecule has 0 spiro atoms. The molecule has 1 atom stereocenters. The molecular weight excluding hydrogens is 399 g/mol. The van der Waals surface area contributed by atoms with E-state index in [0.717, 1.165) is 17.4 Å². The van der Waals surface area contributed by atoms with E-state index in [-0.39, 0.29) is 5.56 Å². The van der Waals surface area contributed by atoms with Gasteiger partial charge in [-0.1, -0.05) is 24.3 Å². The topological polar surface area (TPSA) is 50.9 Å². The average molecular weight is 415 g/mol. The first-order valence-electron chi connectivity index (χ1n) is 8.74. The summed E-state index contributed by atoms with van der Waals surface area (Å²) in [5.74, 6) is -0.571. The largest absolute Gasteiger partial charge is 0.422 e. The minimum atomic E-state index is -4.84. The summed E-state index contributed by atoms with van der Waals surface area (Å²) in [7, 11) is 0. The van der Waals surface area contributed by atoms with Crippen LogP contribution in [0.4, 0.5) is 13.2 Å². The maximum absolute atomic E-state index is 13.9. The van der Waals surface area contributed by atoms with E-state index in [2.05, 4.69) is 10.1 Å². The number of fused-ring (bicyclic) bond motifs is 1. The van der Waals surface area contributed by atoms with Gasteiger partial charge in [-0.05, 0) is 42.0 Å². The number of halogens is 3. The van der Waals surface area contributed by atoms with Crippen LogP contribution in [-0.2, 0) is 5.60 Å². The number of benzene rings is 2. The van der Waals surface area contributed by atoms with Gasteiger partial charge in [0.2, 0.25) is 0 Å². The number of pyridine rings is 1. The van der Waals surface area contributed by atoms with Crippen molar-refractivity contribution < 1.29 is 18.3 Å². The highest BCUT2D eigenvalue weighted by Gasteiger charge is 2.55. The van der Waals surface area contributed by atoms with Gasteiger partial charge in [0.1, 0.15) is 0 Å². The first-order chi connectivity index (χ1) is 13.9. The van der Waals surface area contributed by atoms with E-state index in [0.29, 0.717) is 15.8 Å². The molecule has 0 radical (unpaired) electrons. The predicted octanol–water partition coefficient (Wildman–Crippen LogP) is 4.96. The zero-order valence-electron chi connectivity index (χ0n) is 15.0. The highest BCUT2D eigenvalue weighted by Crippen LogP contribution is 2.43. The molecule has 4 nitrogen and oxygen atoms in total. The van der Waals surface area contributed by atoms with Gasteiger partial charge >= 0.3 is 6.18 Å². The van der Waals surface area contributed by atoms with Crippen molar-refractivity contribution in [3.8, 4) is 5.69 Å². The molecule has 0 bridgehead atoms. The first-order valence-corrected chi connectivity index (χ1v) is 9.73. The van der Waals surface area contributed by atoms with Crippen molar-refractivity contribution in [3.05, 3.63) is 84.8 Å². The van der Waals surface area contributed by atoms with Crippen molar-refractivity contribution in [2.24, 2.45) is 0 Å². The zero-order valence-corrected chi connectivity index (χ0v) is 15.9. The van der Waals surface area contributed by atoms with Crippen LogP contribution in [0.25, 0.3) is 16.6 Å². The Balaban J connectivity index is 1.71. The third kappa shape index (κ3) is 3.73. The smallest absolute Gasteiger partial charge is 0.376 e. The highest BCUT2D eigenvalue weighted by atomic mass is 32.2. The second kappa shape index (κ2) is 7.53. The summed E-state index contributed by atoms with van der Waals surface area (Å²) in [5.41, 5.74) is -1.75. The fourth-order valence-electron chi connectivity index (χ4n) is 3.02. The van der Waals surface area contributed by atoms with Gasteiger partial charge in [0.15, 0.2) is 5.60 Å². The number of rotatable bonds is 5. The molecule has 0 aliphatic carbocycles. The lowest BCUT2D eigenvalue weighted by Gasteiger charge is -2.30. The maximum Gasteiger partial charge on any atom is 0.422 e. The van der Waals surface area contributed by atoms with Crippen LogP contribution in [-0.4, -0.2) is 31.8 Å². The Kier molecular flexibility index (Phi) is 5.06. The minimum absolute atomic E-state index is 0.216. The van der Waals surface area contributed by atoms with Gasteiger partial charge in [-0.15, -0.1) is 11.8 Å². The number of thioether (sulfide) groups is 1. The lowest BCUT2D eigenvalue weighted by molar-refractivity contribution is -0.256. The van der Waals surface area contributed by atoms with Gasteiger partial charge in [-0.2, -0.15) is 18.3 Å². The summed E-state index contributed by atoms with van der Waals surface area (Å²) < 4.78 is 43.2. The van der Waals surface area contributed by atoms with Crippen molar-refractivity contribution in [3.63, 3.8) is 0 Å². The number of nitrogens with zero attached hydrogens (tertiary/aromatic N) is 3. The monoisotopic (exact) mass is 415 g/mol. The summed E-state index contributed by atoms with van der Waals surface area (Å²) in [6.45, 7) is 0. The van der Waals surface area contributed by atoms with Crippen LogP contribution in [0.15, 0.2) is 84.1 Å². The molecule has 2 aromatic heterocycles. The average Bonchev–Trinajstić information content (AvgIpc) is 3.16. The number of aromatic nitrogens is 3. The van der Waals surface area contributed by atoms with Crippen molar-refractivity contribution in [2.75, 3.05) is 5.75 Å². The summed E-state index contributed by atoms with van der Waals surface area (Å²) in [6, 6.07) is 16.7. The van der Waals surface area contributed by atoms with E-state index in [1.165, 1.54) is 30.7 Å². The summed E-state index contributed by atoms with van der Waals surface area (Å²) in [5, 5.41) is 15.5. The van der Waals surface area contributed by atoms with Gasteiger partial charge in [0, 0.05) is 28.4 Å². The summed E-state index contributed by atoms with van der Waals surface area (Å²) in [6.07, 6.45) is -0.341. The number of para-hydroxylation sites is 1. The van der Waals surface area contributed by atoms with Crippen molar-refractivity contribution in [2.45, 2.75) is 16.7 Å². The third-order valence-corrected chi connectivity index (χ3v) is 5.78. The lowest BCUT2D eigenvalue weighted by atomic mass is 9.94. The molecule has 0 aliphatic rings. The van der Waals surface area contributed by atoms with Gasteiger partial charge < -0.3 is 5.11 Å². The quantitative estimate of drug-likeness (QED) is 0.468. The molecule has 29 heavy (non-hydrogen) atoms. The van der Waals surface area contributed by atoms with Gasteiger partial charge in [-0.3, -0.25) is 4.98 Å². The van der Waals surface area contributed by atoms with E-state index in [1.807, 2.05) is 30.3 Å².